The van der Waals surface area contributed by atoms with Crippen LogP contribution in [0.1, 0.15) is 6.92 Å². The maximum absolute atomic E-state index is 10.6. The van der Waals surface area contributed by atoms with E-state index in [1.54, 1.807) is 0 Å². The molecule has 0 amide bonds. The lowest BCUT2D eigenvalue weighted by molar-refractivity contribution is 0.123. The van der Waals surface area contributed by atoms with E-state index in [1.165, 1.54) is 0 Å². The SMILES string of the molecule is CCN1CC(CS(N)(=O)=O)C1. The lowest BCUT2D eigenvalue weighted by atomic mass is 10.0. The summed E-state index contributed by atoms with van der Waals surface area (Å²) in [5, 5.41) is 4.89. The summed E-state index contributed by atoms with van der Waals surface area (Å²) in [6.07, 6.45) is 0. The highest BCUT2D eigenvalue weighted by atomic mass is 32.2. The van der Waals surface area contributed by atoms with Gasteiger partial charge < -0.3 is 4.90 Å². The van der Waals surface area contributed by atoms with Gasteiger partial charge in [0.15, 0.2) is 0 Å². The summed E-state index contributed by atoms with van der Waals surface area (Å²) in [6.45, 7) is 4.83. The zero-order valence-corrected chi connectivity index (χ0v) is 7.47. The molecule has 11 heavy (non-hydrogen) atoms. The van der Waals surface area contributed by atoms with Gasteiger partial charge in [-0.25, -0.2) is 13.6 Å². The highest BCUT2D eigenvalue weighted by molar-refractivity contribution is 7.89. The van der Waals surface area contributed by atoms with E-state index < -0.39 is 10.0 Å². The third-order valence-electron chi connectivity index (χ3n) is 1.95. The first kappa shape index (κ1) is 8.96. The molecule has 1 aliphatic rings. The maximum atomic E-state index is 10.6. The fourth-order valence-corrected chi connectivity index (χ4v) is 2.24. The molecule has 4 nitrogen and oxygen atoms in total. The normalized spacial score (nSPS) is 21.6. The number of primary sulfonamides is 1. The molecule has 1 heterocycles. The van der Waals surface area contributed by atoms with Crippen LogP contribution < -0.4 is 5.14 Å². The molecule has 5 heteroatoms. The van der Waals surface area contributed by atoms with Gasteiger partial charge >= 0.3 is 0 Å². The lowest BCUT2D eigenvalue weighted by Gasteiger charge is -2.37. The van der Waals surface area contributed by atoms with Gasteiger partial charge in [0.25, 0.3) is 0 Å². The van der Waals surface area contributed by atoms with Gasteiger partial charge in [0.2, 0.25) is 10.0 Å². The molecule has 0 aromatic heterocycles. The van der Waals surface area contributed by atoms with Crippen molar-refractivity contribution in [1.29, 1.82) is 0 Å². The number of hydrogen-bond donors (Lipinski definition) is 1. The fraction of sp³-hybridized carbons (Fsp3) is 1.00. The standard InChI is InChI=1S/C6H14N2O2S/c1-2-8-3-6(4-8)5-11(7,9)10/h6H,2-5H2,1H3,(H2,7,9,10). The number of sulfonamides is 1. The van der Waals surface area contributed by atoms with Crippen molar-refractivity contribution in [3.8, 4) is 0 Å². The molecule has 0 atom stereocenters. The van der Waals surface area contributed by atoms with Crippen LogP contribution in [0.2, 0.25) is 0 Å². The van der Waals surface area contributed by atoms with Crippen LogP contribution in [0, 0.1) is 5.92 Å². The number of rotatable bonds is 3. The Morgan fingerprint density at radius 2 is 2.09 bits per heavy atom. The van der Waals surface area contributed by atoms with Gasteiger partial charge in [-0.2, -0.15) is 0 Å². The third-order valence-corrected chi connectivity index (χ3v) is 2.88. The number of nitrogens with two attached hydrogens (primary N) is 1. The Morgan fingerprint density at radius 1 is 1.55 bits per heavy atom. The van der Waals surface area contributed by atoms with Crippen LogP contribution in [0.15, 0.2) is 0 Å². The Labute approximate surface area is 67.4 Å². The van der Waals surface area contributed by atoms with E-state index in [4.69, 9.17) is 5.14 Å². The van der Waals surface area contributed by atoms with Crippen molar-refractivity contribution >= 4 is 10.0 Å². The third kappa shape index (κ3) is 2.76. The van der Waals surface area contributed by atoms with Crippen molar-refractivity contribution < 1.29 is 8.42 Å². The zero-order chi connectivity index (χ0) is 8.48. The van der Waals surface area contributed by atoms with Gasteiger partial charge in [0.05, 0.1) is 5.75 Å². The van der Waals surface area contributed by atoms with Crippen LogP contribution in [0.4, 0.5) is 0 Å². The molecule has 0 radical (unpaired) electrons. The Hall–Kier alpha value is -0.130. The second-order valence-electron chi connectivity index (χ2n) is 3.05. The topological polar surface area (TPSA) is 63.4 Å². The van der Waals surface area contributed by atoms with Gasteiger partial charge in [-0.15, -0.1) is 0 Å². The summed E-state index contributed by atoms with van der Waals surface area (Å²) in [4.78, 5) is 2.19. The predicted octanol–water partition coefficient (Wildman–Crippen LogP) is -0.773. The Balaban J connectivity index is 2.24. The van der Waals surface area contributed by atoms with E-state index in [-0.39, 0.29) is 11.7 Å². The summed E-state index contributed by atoms with van der Waals surface area (Å²) in [5.41, 5.74) is 0. The first-order valence-electron chi connectivity index (χ1n) is 3.74. The molecule has 1 aliphatic heterocycles. The minimum atomic E-state index is -3.24. The van der Waals surface area contributed by atoms with Gasteiger partial charge in [-0.3, -0.25) is 0 Å². The molecule has 0 bridgehead atoms. The minimum Gasteiger partial charge on any atom is -0.303 e. The maximum Gasteiger partial charge on any atom is 0.209 e. The van der Waals surface area contributed by atoms with Gasteiger partial charge in [0, 0.05) is 13.1 Å². The van der Waals surface area contributed by atoms with Crippen LogP contribution >= 0.6 is 0 Å². The van der Waals surface area contributed by atoms with E-state index in [0.29, 0.717) is 0 Å². The molecule has 66 valence electrons. The highest BCUT2D eigenvalue weighted by Crippen LogP contribution is 2.15. The lowest BCUT2D eigenvalue weighted by Crippen LogP contribution is -2.49. The fourth-order valence-electron chi connectivity index (χ4n) is 1.37. The van der Waals surface area contributed by atoms with E-state index in [2.05, 4.69) is 11.8 Å². The van der Waals surface area contributed by atoms with E-state index in [1.807, 2.05) is 0 Å². The van der Waals surface area contributed by atoms with Crippen LogP contribution in [0.25, 0.3) is 0 Å². The second-order valence-corrected chi connectivity index (χ2v) is 4.71. The van der Waals surface area contributed by atoms with Crippen molar-refractivity contribution in [3.63, 3.8) is 0 Å². The molecule has 0 saturated carbocycles. The van der Waals surface area contributed by atoms with Crippen molar-refractivity contribution in [1.82, 2.24) is 4.90 Å². The highest BCUT2D eigenvalue weighted by Gasteiger charge is 2.28. The van der Waals surface area contributed by atoms with Crippen molar-refractivity contribution in [2.75, 3.05) is 25.4 Å². The smallest absolute Gasteiger partial charge is 0.209 e. The molecule has 0 aromatic carbocycles. The Kier molecular flexibility index (Phi) is 2.51. The molecule has 2 N–H and O–H groups in total. The van der Waals surface area contributed by atoms with Crippen LogP contribution in [0.3, 0.4) is 0 Å². The summed E-state index contributed by atoms with van der Waals surface area (Å²) < 4.78 is 21.2. The summed E-state index contributed by atoms with van der Waals surface area (Å²) in [7, 11) is -3.24. The number of nitrogens with zero attached hydrogens (tertiary/aromatic N) is 1. The first-order chi connectivity index (χ1) is 5.01. The average molecular weight is 178 g/mol. The Bertz CT molecular complexity index is 219. The molecular weight excluding hydrogens is 164 g/mol. The van der Waals surface area contributed by atoms with Crippen molar-refractivity contribution in [2.24, 2.45) is 11.1 Å². The predicted molar refractivity (Wildman–Crippen MR) is 43.6 cm³/mol. The van der Waals surface area contributed by atoms with Crippen LogP contribution in [-0.4, -0.2) is 38.7 Å². The molecule has 1 fully saturated rings. The quantitative estimate of drug-likeness (QED) is 0.617. The van der Waals surface area contributed by atoms with Gasteiger partial charge in [0.1, 0.15) is 0 Å². The van der Waals surface area contributed by atoms with E-state index >= 15 is 0 Å². The molecule has 1 saturated heterocycles. The number of likely N-dealkylation sites (tertiary alicyclic amines) is 1. The van der Waals surface area contributed by atoms with Gasteiger partial charge in [-0.05, 0) is 12.5 Å². The molecule has 0 aromatic rings. The second kappa shape index (κ2) is 3.08. The minimum absolute atomic E-state index is 0.142. The summed E-state index contributed by atoms with van der Waals surface area (Å²) in [6, 6.07) is 0. The van der Waals surface area contributed by atoms with E-state index in [0.717, 1.165) is 19.6 Å². The largest absolute Gasteiger partial charge is 0.303 e. The average Bonchev–Trinajstić information content (AvgIpc) is 1.75. The molecule has 0 unspecified atom stereocenters. The number of hydrogen-bond acceptors (Lipinski definition) is 3. The van der Waals surface area contributed by atoms with Gasteiger partial charge in [-0.1, -0.05) is 6.92 Å². The van der Waals surface area contributed by atoms with Crippen LogP contribution in [-0.2, 0) is 10.0 Å². The molecule has 0 spiro atoms. The molecular formula is C6H14N2O2S. The summed E-state index contributed by atoms with van der Waals surface area (Å²) >= 11 is 0. The first-order valence-corrected chi connectivity index (χ1v) is 5.45. The summed E-state index contributed by atoms with van der Waals surface area (Å²) in [5.74, 6) is 0.411. The zero-order valence-electron chi connectivity index (χ0n) is 6.66. The molecule has 0 aliphatic carbocycles. The van der Waals surface area contributed by atoms with Crippen molar-refractivity contribution in [3.05, 3.63) is 0 Å². The van der Waals surface area contributed by atoms with E-state index in [9.17, 15) is 8.42 Å². The molecule has 1 rings (SSSR count). The Morgan fingerprint density at radius 3 is 2.45 bits per heavy atom. The monoisotopic (exact) mass is 178 g/mol. The van der Waals surface area contributed by atoms with Crippen LogP contribution in [0.5, 0.6) is 0 Å². The van der Waals surface area contributed by atoms with Crippen molar-refractivity contribution in [2.45, 2.75) is 6.92 Å².